The van der Waals surface area contributed by atoms with Crippen LogP contribution in [0.5, 0.6) is 17.2 Å². The van der Waals surface area contributed by atoms with E-state index in [0.717, 1.165) is 29.9 Å². The lowest BCUT2D eigenvalue weighted by molar-refractivity contribution is 0.0929. The maximum absolute atomic E-state index is 12.3. The zero-order valence-electron chi connectivity index (χ0n) is 16.9. The minimum Gasteiger partial charge on any atom is -0.490 e. The van der Waals surface area contributed by atoms with Gasteiger partial charge in [-0.1, -0.05) is 23.7 Å². The van der Waals surface area contributed by atoms with Gasteiger partial charge in [-0.05, 0) is 54.1 Å². The van der Waals surface area contributed by atoms with Gasteiger partial charge >= 0.3 is 6.09 Å². The smallest absolute Gasteiger partial charge is 0.415 e. The highest BCUT2D eigenvalue weighted by Crippen LogP contribution is 2.23. The highest BCUT2D eigenvalue weighted by Gasteiger charge is 2.25. The molecule has 1 aliphatic rings. The third-order valence-corrected chi connectivity index (χ3v) is 5.20. The summed E-state index contributed by atoms with van der Waals surface area (Å²) in [6, 6.07) is 18.6. The molecule has 31 heavy (non-hydrogen) atoms. The van der Waals surface area contributed by atoms with E-state index in [9.17, 15) is 4.79 Å². The molecule has 1 aromatic heterocycles. The van der Waals surface area contributed by atoms with Gasteiger partial charge in [0, 0.05) is 37.2 Å². The zero-order valence-corrected chi connectivity index (χ0v) is 17.7. The van der Waals surface area contributed by atoms with E-state index in [2.05, 4.69) is 4.98 Å². The Morgan fingerprint density at radius 2 is 1.77 bits per heavy atom. The van der Waals surface area contributed by atoms with Gasteiger partial charge in [-0.25, -0.2) is 4.79 Å². The molecule has 2 aromatic carbocycles. The first-order chi connectivity index (χ1) is 15.2. The molecule has 2 heterocycles. The average Bonchev–Trinajstić information content (AvgIpc) is 2.80. The van der Waals surface area contributed by atoms with E-state index >= 15 is 0 Å². The Kier molecular flexibility index (Phi) is 6.89. The normalized spacial score (nSPS) is 14.2. The molecule has 0 bridgehead atoms. The second-order valence-electron chi connectivity index (χ2n) is 7.25. The standard InChI is InChI=1S/C24H23ClN2O4/c25-19-4-1-3-18(15-19)17-29-20-6-8-21(9-7-20)30-22-10-13-27(14-11-22)24(28)31-23-5-2-12-26-16-23/h1-9,12,15-16,22H,10-11,13-14,17H2. The fraction of sp³-hybridized carbons (Fsp3) is 0.250. The van der Waals surface area contributed by atoms with Crippen molar-refractivity contribution in [2.75, 3.05) is 13.1 Å². The lowest BCUT2D eigenvalue weighted by Gasteiger charge is -2.31. The number of hydrogen-bond acceptors (Lipinski definition) is 5. The van der Waals surface area contributed by atoms with Crippen molar-refractivity contribution >= 4 is 17.7 Å². The van der Waals surface area contributed by atoms with Gasteiger partial charge in [0.2, 0.25) is 0 Å². The first-order valence-corrected chi connectivity index (χ1v) is 10.5. The van der Waals surface area contributed by atoms with Crippen LogP contribution in [0, 0.1) is 0 Å². The average molecular weight is 439 g/mol. The predicted molar refractivity (Wildman–Crippen MR) is 118 cm³/mol. The summed E-state index contributed by atoms with van der Waals surface area (Å²) in [5.74, 6) is 2.00. The van der Waals surface area contributed by atoms with E-state index in [0.29, 0.717) is 30.5 Å². The molecule has 0 N–H and O–H groups in total. The van der Waals surface area contributed by atoms with E-state index in [1.165, 1.54) is 6.20 Å². The first-order valence-electron chi connectivity index (χ1n) is 10.2. The van der Waals surface area contributed by atoms with Gasteiger partial charge in [-0.3, -0.25) is 4.98 Å². The van der Waals surface area contributed by atoms with Gasteiger partial charge in [0.05, 0.1) is 6.20 Å². The maximum atomic E-state index is 12.3. The van der Waals surface area contributed by atoms with Gasteiger partial charge in [0.1, 0.15) is 24.2 Å². The number of ether oxygens (including phenoxy) is 3. The van der Waals surface area contributed by atoms with E-state index in [1.54, 1.807) is 23.2 Å². The molecule has 1 aliphatic heterocycles. The summed E-state index contributed by atoms with van der Waals surface area (Å²) in [6.45, 7) is 1.63. The van der Waals surface area contributed by atoms with Gasteiger partial charge in [-0.15, -0.1) is 0 Å². The number of carbonyl (C=O) groups is 1. The Labute approximate surface area is 186 Å². The number of nitrogens with zero attached hydrogens (tertiary/aromatic N) is 2. The minimum atomic E-state index is -0.354. The number of benzene rings is 2. The summed E-state index contributed by atoms with van der Waals surface area (Å²) in [6.07, 6.45) is 4.35. The Morgan fingerprint density at radius 3 is 2.48 bits per heavy atom. The molecule has 0 spiro atoms. The van der Waals surface area contributed by atoms with E-state index in [4.69, 9.17) is 25.8 Å². The number of pyridine rings is 1. The van der Waals surface area contributed by atoms with Gasteiger partial charge in [0.25, 0.3) is 0 Å². The second-order valence-corrected chi connectivity index (χ2v) is 7.69. The van der Waals surface area contributed by atoms with Crippen LogP contribution in [0.3, 0.4) is 0 Å². The number of rotatable bonds is 6. The van der Waals surface area contributed by atoms with Crippen LogP contribution in [-0.4, -0.2) is 35.2 Å². The predicted octanol–water partition coefficient (Wildman–Crippen LogP) is 5.36. The molecule has 1 saturated heterocycles. The van der Waals surface area contributed by atoms with Crippen molar-refractivity contribution in [3.05, 3.63) is 83.6 Å². The van der Waals surface area contributed by atoms with Crippen LogP contribution < -0.4 is 14.2 Å². The molecule has 1 amide bonds. The third kappa shape index (κ3) is 6.12. The van der Waals surface area contributed by atoms with Crippen molar-refractivity contribution in [3.8, 4) is 17.2 Å². The Balaban J connectivity index is 1.22. The van der Waals surface area contributed by atoms with Crippen molar-refractivity contribution in [2.24, 2.45) is 0 Å². The minimum absolute atomic E-state index is 0.0562. The van der Waals surface area contributed by atoms with Crippen LogP contribution >= 0.6 is 11.6 Å². The molecule has 0 aliphatic carbocycles. The SMILES string of the molecule is O=C(Oc1cccnc1)N1CCC(Oc2ccc(OCc3cccc(Cl)c3)cc2)CC1. The summed E-state index contributed by atoms with van der Waals surface area (Å²) in [5.41, 5.74) is 1.02. The van der Waals surface area contributed by atoms with Crippen LogP contribution in [0.1, 0.15) is 18.4 Å². The fourth-order valence-corrected chi connectivity index (χ4v) is 3.54. The van der Waals surface area contributed by atoms with E-state index in [1.807, 2.05) is 48.5 Å². The molecule has 160 valence electrons. The molecular weight excluding hydrogens is 416 g/mol. The number of likely N-dealkylation sites (tertiary alicyclic amines) is 1. The summed E-state index contributed by atoms with van der Waals surface area (Å²) < 4.78 is 17.2. The Morgan fingerprint density at radius 1 is 1.00 bits per heavy atom. The molecule has 0 unspecified atom stereocenters. The van der Waals surface area contributed by atoms with E-state index in [-0.39, 0.29) is 12.2 Å². The van der Waals surface area contributed by atoms with Crippen molar-refractivity contribution in [1.82, 2.24) is 9.88 Å². The number of aromatic nitrogens is 1. The molecular formula is C24H23ClN2O4. The lowest BCUT2D eigenvalue weighted by Crippen LogP contribution is -2.43. The summed E-state index contributed by atoms with van der Waals surface area (Å²) >= 11 is 6.00. The zero-order chi connectivity index (χ0) is 21.5. The van der Waals surface area contributed by atoms with Crippen molar-refractivity contribution in [2.45, 2.75) is 25.6 Å². The first kappa shape index (κ1) is 21.0. The number of amides is 1. The topological polar surface area (TPSA) is 60.9 Å². The molecule has 0 radical (unpaired) electrons. The number of hydrogen-bond donors (Lipinski definition) is 0. The fourth-order valence-electron chi connectivity index (χ4n) is 3.33. The molecule has 7 heteroatoms. The van der Waals surface area contributed by atoms with Crippen LogP contribution in [0.15, 0.2) is 73.1 Å². The molecule has 0 atom stereocenters. The third-order valence-electron chi connectivity index (χ3n) is 4.96. The highest BCUT2D eigenvalue weighted by atomic mass is 35.5. The van der Waals surface area contributed by atoms with Gasteiger partial charge < -0.3 is 19.1 Å². The Bertz CT molecular complexity index is 990. The van der Waals surface area contributed by atoms with Crippen molar-refractivity contribution < 1.29 is 19.0 Å². The summed E-state index contributed by atoms with van der Waals surface area (Å²) in [5, 5.41) is 0.696. The van der Waals surface area contributed by atoms with Crippen LogP contribution in [0.2, 0.25) is 5.02 Å². The van der Waals surface area contributed by atoms with Crippen molar-refractivity contribution in [3.63, 3.8) is 0 Å². The number of piperidine rings is 1. The van der Waals surface area contributed by atoms with E-state index < -0.39 is 0 Å². The van der Waals surface area contributed by atoms with Crippen molar-refractivity contribution in [1.29, 1.82) is 0 Å². The van der Waals surface area contributed by atoms with Crippen LogP contribution in [-0.2, 0) is 6.61 Å². The lowest BCUT2D eigenvalue weighted by atomic mass is 10.1. The second kappa shape index (κ2) is 10.2. The molecule has 0 saturated carbocycles. The Hall–Kier alpha value is -3.25. The molecule has 1 fully saturated rings. The number of carbonyl (C=O) groups excluding carboxylic acids is 1. The molecule has 6 nitrogen and oxygen atoms in total. The quantitative estimate of drug-likeness (QED) is 0.518. The molecule has 4 rings (SSSR count). The highest BCUT2D eigenvalue weighted by molar-refractivity contribution is 6.30. The van der Waals surface area contributed by atoms with Gasteiger partial charge in [0.15, 0.2) is 5.75 Å². The van der Waals surface area contributed by atoms with Crippen LogP contribution in [0.25, 0.3) is 0 Å². The summed E-state index contributed by atoms with van der Waals surface area (Å²) in [7, 11) is 0. The van der Waals surface area contributed by atoms with Gasteiger partial charge in [-0.2, -0.15) is 0 Å². The largest absolute Gasteiger partial charge is 0.490 e. The summed E-state index contributed by atoms with van der Waals surface area (Å²) in [4.78, 5) is 17.9. The molecule has 3 aromatic rings. The van der Waals surface area contributed by atoms with Crippen LogP contribution in [0.4, 0.5) is 4.79 Å². The monoisotopic (exact) mass is 438 g/mol. The number of halogens is 1. The maximum Gasteiger partial charge on any atom is 0.415 e.